The molecule has 0 saturated heterocycles. The van der Waals surface area contributed by atoms with Gasteiger partial charge in [-0.1, -0.05) is 189 Å². The van der Waals surface area contributed by atoms with Crippen molar-refractivity contribution in [2.75, 3.05) is 41.0 Å². The Hall–Kier alpha value is -3.49. The van der Waals surface area contributed by atoms with Crippen LogP contribution in [-0.2, 0) is 28.6 Å². The maximum Gasteiger partial charge on any atom is 0.362 e. The first-order valence-electron chi connectivity index (χ1n) is 27.1. The number of hydrogen-bond acceptors (Lipinski definition) is 6. The number of likely N-dealkylation sites (N-methyl/N-ethyl adjacent to an activating group) is 1. The minimum atomic E-state index is -0.881. The van der Waals surface area contributed by atoms with E-state index in [1.807, 2.05) is 21.1 Å². The van der Waals surface area contributed by atoms with Crippen molar-refractivity contribution < 1.29 is 38.2 Å². The van der Waals surface area contributed by atoms with Crippen LogP contribution in [0.5, 0.6) is 0 Å². The molecule has 0 fully saturated rings. The Labute approximate surface area is 412 Å². The van der Waals surface area contributed by atoms with Crippen LogP contribution in [0.1, 0.15) is 219 Å². The molecule has 0 aromatic heterocycles. The van der Waals surface area contributed by atoms with Crippen molar-refractivity contribution >= 4 is 17.9 Å². The van der Waals surface area contributed by atoms with E-state index in [1.165, 1.54) is 89.9 Å². The predicted octanol–water partition coefficient (Wildman–Crippen LogP) is 16.0. The number of quaternary nitrogens is 1. The second-order valence-electron chi connectivity index (χ2n) is 19.1. The van der Waals surface area contributed by atoms with Crippen LogP contribution in [0, 0.1) is 0 Å². The molecule has 8 heteroatoms. The fourth-order valence-corrected chi connectivity index (χ4v) is 7.55. The van der Waals surface area contributed by atoms with Crippen LogP contribution >= 0.6 is 0 Å². The lowest BCUT2D eigenvalue weighted by Crippen LogP contribution is -2.50. The number of ether oxygens (including phenoxy) is 3. The zero-order chi connectivity index (χ0) is 49.2. The van der Waals surface area contributed by atoms with Gasteiger partial charge in [0.15, 0.2) is 12.1 Å². The largest absolute Gasteiger partial charge is 0.477 e. The number of unbranched alkanes of at least 4 members (excludes halogenated alkanes) is 20. The Morgan fingerprint density at radius 2 is 0.791 bits per heavy atom. The molecule has 0 aromatic carbocycles. The lowest BCUT2D eigenvalue weighted by Gasteiger charge is -2.31. The lowest BCUT2D eigenvalue weighted by atomic mass is 10.1. The molecule has 384 valence electrons. The highest BCUT2D eigenvalue weighted by Gasteiger charge is 2.31. The Balaban J connectivity index is 4.28. The number of allylic oxidation sites excluding steroid dienone is 14. The fourth-order valence-electron chi connectivity index (χ4n) is 7.55. The van der Waals surface area contributed by atoms with Crippen LogP contribution in [0.25, 0.3) is 0 Å². The molecule has 67 heavy (non-hydrogen) atoms. The molecular formula is C59H102NO7+. The molecule has 0 rings (SSSR count). The van der Waals surface area contributed by atoms with E-state index < -0.39 is 18.1 Å². The second-order valence-corrected chi connectivity index (χ2v) is 19.1. The molecule has 0 aliphatic carbocycles. The summed E-state index contributed by atoms with van der Waals surface area (Å²) in [4.78, 5) is 37.2. The first-order valence-corrected chi connectivity index (χ1v) is 27.1. The molecule has 2 atom stereocenters. The molecule has 0 radical (unpaired) electrons. The SMILES string of the molecule is CCCCC/C=C/C/C=C/C/C=C/C/C=C/CCCCCCCC(=O)OC(COCCC(C(=O)O)[N+](C)(C)C)COC(=O)CCCCCCCCCCC/C=C/C/C=C/C/C=C/CCCCC. The summed E-state index contributed by atoms with van der Waals surface area (Å²) < 4.78 is 17.4. The maximum atomic E-state index is 12.8. The first-order chi connectivity index (χ1) is 32.6. The maximum absolute atomic E-state index is 12.8. The summed E-state index contributed by atoms with van der Waals surface area (Å²) in [5.41, 5.74) is 0. The van der Waals surface area contributed by atoms with E-state index in [2.05, 4.69) is 98.9 Å². The number of esters is 2. The average Bonchev–Trinajstić information content (AvgIpc) is 3.29. The lowest BCUT2D eigenvalue weighted by molar-refractivity contribution is -0.887. The summed E-state index contributed by atoms with van der Waals surface area (Å²) in [7, 11) is 5.52. The van der Waals surface area contributed by atoms with Gasteiger partial charge >= 0.3 is 17.9 Å². The van der Waals surface area contributed by atoms with Gasteiger partial charge in [-0.15, -0.1) is 0 Å². The summed E-state index contributed by atoms with van der Waals surface area (Å²) in [6, 6.07) is -0.625. The van der Waals surface area contributed by atoms with E-state index in [0.717, 1.165) is 96.3 Å². The second kappa shape index (κ2) is 48.9. The number of carboxylic acids is 1. The van der Waals surface area contributed by atoms with Crippen LogP contribution in [0.3, 0.4) is 0 Å². The van der Waals surface area contributed by atoms with Gasteiger partial charge in [0.1, 0.15) is 6.61 Å². The van der Waals surface area contributed by atoms with Crippen molar-refractivity contribution in [2.24, 2.45) is 0 Å². The Kier molecular flexibility index (Phi) is 46.4. The molecule has 0 saturated carbocycles. The monoisotopic (exact) mass is 937 g/mol. The summed E-state index contributed by atoms with van der Waals surface area (Å²) in [5.74, 6) is -1.50. The van der Waals surface area contributed by atoms with Crippen molar-refractivity contribution in [1.82, 2.24) is 0 Å². The fraction of sp³-hybridized carbons (Fsp3) is 0.712. The van der Waals surface area contributed by atoms with Gasteiger partial charge in [-0.05, 0) is 96.3 Å². The van der Waals surface area contributed by atoms with Crippen LogP contribution in [0.15, 0.2) is 85.1 Å². The standard InChI is InChI=1S/C59H101NO7/c1-6-8-10-12-14-16-18-20-22-24-26-28-30-31-33-35-37-39-41-43-45-47-49-57(61)66-54-55(53-65-52-51-56(59(63)64)60(3,4)5)67-58(62)50-48-46-44-42-40-38-36-34-32-29-27-25-23-21-19-17-15-13-11-9-7-2/h14-17,20-23,26-29,34,36,55-56H,6-13,18-19,24-25,30-33,35,37-54H2,1-5H3/p+1/b16-14+,17-15+,22-20+,23-21+,28-26+,29-27+,36-34+. The molecule has 0 heterocycles. The molecule has 0 amide bonds. The van der Waals surface area contributed by atoms with Crippen LogP contribution < -0.4 is 0 Å². The van der Waals surface area contributed by atoms with Gasteiger partial charge in [-0.25, -0.2) is 4.79 Å². The zero-order valence-electron chi connectivity index (χ0n) is 43.8. The topological polar surface area (TPSA) is 99.1 Å². The summed E-state index contributed by atoms with van der Waals surface area (Å²) in [6.07, 6.45) is 64.8. The number of nitrogens with zero attached hydrogens (tertiary/aromatic N) is 1. The number of carbonyl (C=O) groups is 3. The highest BCUT2D eigenvalue weighted by atomic mass is 16.6. The summed E-state index contributed by atoms with van der Waals surface area (Å²) in [5, 5.41) is 9.67. The normalized spacial score (nSPS) is 13.5. The van der Waals surface area contributed by atoms with Crippen LogP contribution in [0.4, 0.5) is 0 Å². The zero-order valence-corrected chi connectivity index (χ0v) is 43.8. The minimum Gasteiger partial charge on any atom is -0.477 e. The van der Waals surface area contributed by atoms with E-state index >= 15 is 0 Å². The van der Waals surface area contributed by atoms with Crippen molar-refractivity contribution in [3.05, 3.63) is 85.1 Å². The first kappa shape index (κ1) is 63.5. The van der Waals surface area contributed by atoms with Gasteiger partial charge in [0.2, 0.25) is 0 Å². The molecule has 0 spiro atoms. The smallest absolute Gasteiger partial charge is 0.362 e. The van der Waals surface area contributed by atoms with E-state index in [4.69, 9.17) is 14.2 Å². The van der Waals surface area contributed by atoms with Gasteiger partial charge in [0.05, 0.1) is 34.4 Å². The minimum absolute atomic E-state index is 0.0475. The van der Waals surface area contributed by atoms with Crippen LogP contribution in [0.2, 0.25) is 0 Å². The number of hydrogen-bond donors (Lipinski definition) is 1. The summed E-state index contributed by atoms with van der Waals surface area (Å²) in [6.45, 7) is 4.66. The van der Waals surface area contributed by atoms with Gasteiger partial charge < -0.3 is 23.8 Å². The number of carbonyl (C=O) groups excluding carboxylic acids is 2. The molecule has 8 nitrogen and oxygen atoms in total. The van der Waals surface area contributed by atoms with Gasteiger partial charge in [0.25, 0.3) is 0 Å². The third-order valence-corrected chi connectivity index (χ3v) is 11.8. The molecule has 0 aliphatic heterocycles. The third kappa shape index (κ3) is 47.4. The van der Waals surface area contributed by atoms with E-state index in [9.17, 15) is 19.5 Å². The van der Waals surface area contributed by atoms with E-state index in [1.54, 1.807) is 0 Å². The predicted molar refractivity (Wildman–Crippen MR) is 284 cm³/mol. The van der Waals surface area contributed by atoms with Crippen molar-refractivity contribution in [3.8, 4) is 0 Å². The van der Waals surface area contributed by atoms with Crippen LogP contribution in [-0.4, -0.2) is 80.6 Å². The molecule has 1 N–H and O–H groups in total. The van der Waals surface area contributed by atoms with Crippen molar-refractivity contribution in [2.45, 2.75) is 231 Å². The molecular weight excluding hydrogens is 835 g/mol. The Morgan fingerprint density at radius 1 is 0.448 bits per heavy atom. The Morgan fingerprint density at radius 3 is 1.16 bits per heavy atom. The molecule has 0 aliphatic rings. The molecule has 2 unspecified atom stereocenters. The summed E-state index contributed by atoms with van der Waals surface area (Å²) >= 11 is 0. The third-order valence-electron chi connectivity index (χ3n) is 11.8. The van der Waals surface area contributed by atoms with E-state index in [0.29, 0.717) is 19.3 Å². The van der Waals surface area contributed by atoms with Gasteiger partial charge in [-0.3, -0.25) is 9.59 Å². The molecule has 0 bridgehead atoms. The average molecular weight is 937 g/mol. The number of rotatable bonds is 48. The highest BCUT2D eigenvalue weighted by Crippen LogP contribution is 2.14. The Bertz CT molecular complexity index is 1370. The van der Waals surface area contributed by atoms with Crippen molar-refractivity contribution in [1.29, 1.82) is 0 Å². The quantitative estimate of drug-likeness (QED) is 0.0281. The number of carboxylic acid groups (broad SMARTS) is 1. The van der Waals surface area contributed by atoms with Crippen molar-refractivity contribution in [3.63, 3.8) is 0 Å². The van der Waals surface area contributed by atoms with E-state index in [-0.39, 0.29) is 36.2 Å². The van der Waals surface area contributed by atoms with Gasteiger partial charge in [0, 0.05) is 19.3 Å². The van der Waals surface area contributed by atoms with Gasteiger partial charge in [-0.2, -0.15) is 0 Å². The number of aliphatic carboxylic acids is 1. The molecule has 0 aromatic rings. The highest BCUT2D eigenvalue weighted by molar-refractivity contribution is 5.72.